The van der Waals surface area contributed by atoms with Crippen molar-refractivity contribution < 1.29 is 9.72 Å². The number of carbonyl (C=O) groups is 1. The third-order valence-corrected chi connectivity index (χ3v) is 3.14. The minimum Gasteiger partial charge on any atom is -0.344 e. The summed E-state index contributed by atoms with van der Waals surface area (Å²) in [4.78, 5) is 22.5. The zero-order valence-electron chi connectivity index (χ0n) is 11.3. The van der Waals surface area contributed by atoms with Crippen LogP contribution in [0.2, 0.25) is 0 Å². The Morgan fingerprint density at radius 3 is 2.77 bits per heavy atom. The van der Waals surface area contributed by atoms with Crippen LogP contribution in [0.25, 0.3) is 5.65 Å². The number of nitro benzene ring substituents is 1. The number of fused-ring (bicyclic) bond motifs is 1. The van der Waals surface area contributed by atoms with Gasteiger partial charge in [-0.15, -0.1) is 10.2 Å². The molecule has 0 bridgehead atoms. The second-order valence-electron chi connectivity index (χ2n) is 4.50. The molecule has 3 aromatic rings. The maximum atomic E-state index is 12.1. The van der Waals surface area contributed by atoms with Crippen LogP contribution < -0.4 is 5.32 Å². The molecule has 0 aliphatic heterocycles. The first-order chi connectivity index (χ1) is 10.7. The molecule has 1 N–H and O–H groups in total. The average molecular weight is 297 g/mol. The highest BCUT2D eigenvalue weighted by Crippen LogP contribution is 2.17. The summed E-state index contributed by atoms with van der Waals surface area (Å²) in [5, 5.41) is 21.5. The second kappa shape index (κ2) is 5.60. The molecule has 0 spiro atoms. The number of nitro groups is 1. The number of nitrogens with zero attached hydrogens (tertiary/aromatic N) is 4. The number of rotatable bonds is 4. The Morgan fingerprint density at radius 2 is 1.95 bits per heavy atom. The van der Waals surface area contributed by atoms with Gasteiger partial charge in [0.15, 0.2) is 11.5 Å². The van der Waals surface area contributed by atoms with E-state index in [4.69, 9.17) is 0 Å². The van der Waals surface area contributed by atoms with E-state index in [2.05, 4.69) is 15.5 Å². The minimum atomic E-state index is -0.582. The molecule has 1 amide bonds. The lowest BCUT2D eigenvalue weighted by Crippen LogP contribution is -2.24. The van der Waals surface area contributed by atoms with Gasteiger partial charge in [0.05, 0.1) is 11.5 Å². The Balaban J connectivity index is 1.80. The Morgan fingerprint density at radius 1 is 1.18 bits per heavy atom. The molecule has 1 aromatic carbocycles. The van der Waals surface area contributed by atoms with Crippen molar-refractivity contribution >= 4 is 17.2 Å². The van der Waals surface area contributed by atoms with Gasteiger partial charge in [-0.2, -0.15) is 0 Å². The molecular formula is C14H11N5O3. The molecular weight excluding hydrogens is 286 g/mol. The van der Waals surface area contributed by atoms with Crippen LogP contribution in [-0.2, 0) is 6.54 Å². The summed E-state index contributed by atoms with van der Waals surface area (Å²) in [7, 11) is 0. The van der Waals surface area contributed by atoms with E-state index in [1.165, 1.54) is 18.2 Å². The molecule has 2 heterocycles. The summed E-state index contributed by atoms with van der Waals surface area (Å²) in [5.41, 5.74) is 0.449. The highest BCUT2D eigenvalue weighted by Gasteiger charge is 2.19. The van der Waals surface area contributed by atoms with E-state index < -0.39 is 10.8 Å². The van der Waals surface area contributed by atoms with E-state index in [9.17, 15) is 14.9 Å². The van der Waals surface area contributed by atoms with E-state index in [-0.39, 0.29) is 17.8 Å². The van der Waals surface area contributed by atoms with Crippen LogP contribution in [-0.4, -0.2) is 25.4 Å². The topological polar surface area (TPSA) is 102 Å². The van der Waals surface area contributed by atoms with Gasteiger partial charge in [0.1, 0.15) is 5.56 Å². The lowest BCUT2D eigenvalue weighted by atomic mass is 10.1. The van der Waals surface area contributed by atoms with Crippen molar-refractivity contribution in [1.82, 2.24) is 19.9 Å². The van der Waals surface area contributed by atoms with Gasteiger partial charge in [0.2, 0.25) is 0 Å². The highest BCUT2D eigenvalue weighted by molar-refractivity contribution is 5.98. The number of aromatic nitrogens is 3. The number of hydrogen-bond donors (Lipinski definition) is 1. The first-order valence-corrected chi connectivity index (χ1v) is 6.47. The maximum Gasteiger partial charge on any atom is 0.282 e. The fraction of sp³-hybridized carbons (Fsp3) is 0.0714. The van der Waals surface area contributed by atoms with Gasteiger partial charge in [0.25, 0.3) is 11.6 Å². The lowest BCUT2D eigenvalue weighted by Gasteiger charge is -2.04. The molecule has 0 aliphatic carbocycles. The van der Waals surface area contributed by atoms with Gasteiger partial charge in [-0.3, -0.25) is 19.3 Å². The van der Waals surface area contributed by atoms with Gasteiger partial charge in [-0.1, -0.05) is 18.2 Å². The van der Waals surface area contributed by atoms with Crippen LogP contribution in [0.4, 0.5) is 5.69 Å². The number of nitrogens with one attached hydrogen (secondary N) is 1. The molecule has 0 aliphatic rings. The van der Waals surface area contributed by atoms with Crippen LogP contribution >= 0.6 is 0 Å². The van der Waals surface area contributed by atoms with Gasteiger partial charge in [-0.25, -0.2) is 0 Å². The van der Waals surface area contributed by atoms with Gasteiger partial charge >= 0.3 is 0 Å². The first kappa shape index (κ1) is 13.7. The first-order valence-electron chi connectivity index (χ1n) is 6.47. The zero-order chi connectivity index (χ0) is 15.5. The third kappa shape index (κ3) is 2.49. The number of amides is 1. The average Bonchev–Trinajstić information content (AvgIpc) is 2.96. The summed E-state index contributed by atoms with van der Waals surface area (Å²) in [6.07, 6.45) is 1.78. The molecule has 22 heavy (non-hydrogen) atoms. The normalized spacial score (nSPS) is 10.5. The molecule has 0 radical (unpaired) electrons. The SMILES string of the molecule is O=C(NCc1nnc2ccccn12)c1ccccc1[N+](=O)[O-]. The molecule has 0 atom stereocenters. The summed E-state index contributed by atoms with van der Waals surface area (Å²) in [6.45, 7) is 0.121. The number of carbonyl (C=O) groups excluding carboxylic acids is 1. The van der Waals surface area contributed by atoms with Gasteiger partial charge < -0.3 is 5.32 Å². The summed E-state index contributed by atoms with van der Waals surface area (Å²) >= 11 is 0. The molecule has 110 valence electrons. The van der Waals surface area contributed by atoms with Gasteiger partial charge in [0, 0.05) is 12.3 Å². The third-order valence-electron chi connectivity index (χ3n) is 3.14. The molecule has 3 rings (SSSR count). The maximum absolute atomic E-state index is 12.1. The quantitative estimate of drug-likeness (QED) is 0.581. The van der Waals surface area contributed by atoms with Crippen LogP contribution in [0.5, 0.6) is 0 Å². The minimum absolute atomic E-state index is 0.0151. The second-order valence-corrected chi connectivity index (χ2v) is 4.50. The Bertz CT molecular complexity index is 858. The van der Waals surface area contributed by atoms with Crippen LogP contribution in [0.1, 0.15) is 16.2 Å². The van der Waals surface area contributed by atoms with Crippen LogP contribution in [0, 0.1) is 10.1 Å². The van der Waals surface area contributed by atoms with Crippen molar-refractivity contribution in [3.63, 3.8) is 0 Å². The molecule has 0 saturated carbocycles. The van der Waals surface area contributed by atoms with Crippen LogP contribution in [0.15, 0.2) is 48.7 Å². The summed E-state index contributed by atoms with van der Waals surface area (Å²) in [6, 6.07) is 11.2. The fourth-order valence-electron chi connectivity index (χ4n) is 2.09. The van der Waals surface area contributed by atoms with Crippen molar-refractivity contribution in [1.29, 1.82) is 0 Å². The largest absolute Gasteiger partial charge is 0.344 e. The van der Waals surface area contributed by atoms with E-state index >= 15 is 0 Å². The Hall–Kier alpha value is -3.29. The number of pyridine rings is 1. The van der Waals surface area contributed by atoms with Gasteiger partial charge in [-0.05, 0) is 18.2 Å². The monoisotopic (exact) mass is 297 g/mol. The Labute approximate surface area is 124 Å². The molecule has 8 heteroatoms. The smallest absolute Gasteiger partial charge is 0.282 e. The summed E-state index contributed by atoms with van der Waals surface area (Å²) < 4.78 is 1.74. The van der Waals surface area contributed by atoms with E-state index in [0.29, 0.717) is 11.5 Å². The molecule has 0 fully saturated rings. The lowest BCUT2D eigenvalue weighted by molar-refractivity contribution is -0.385. The molecule has 0 saturated heterocycles. The highest BCUT2D eigenvalue weighted by atomic mass is 16.6. The van der Waals surface area contributed by atoms with Crippen molar-refractivity contribution in [2.75, 3.05) is 0 Å². The predicted octanol–water partition coefficient (Wildman–Crippen LogP) is 1.57. The van der Waals surface area contributed by atoms with Crippen molar-refractivity contribution in [2.24, 2.45) is 0 Å². The number of para-hydroxylation sites is 1. The summed E-state index contributed by atoms with van der Waals surface area (Å²) in [5.74, 6) is 0.0162. The van der Waals surface area contributed by atoms with Crippen molar-refractivity contribution in [2.45, 2.75) is 6.54 Å². The zero-order valence-corrected chi connectivity index (χ0v) is 11.3. The van der Waals surface area contributed by atoms with Crippen molar-refractivity contribution in [3.8, 4) is 0 Å². The number of hydrogen-bond acceptors (Lipinski definition) is 5. The fourth-order valence-corrected chi connectivity index (χ4v) is 2.09. The predicted molar refractivity (Wildman–Crippen MR) is 77.3 cm³/mol. The van der Waals surface area contributed by atoms with E-state index in [1.54, 1.807) is 22.7 Å². The Kier molecular flexibility index (Phi) is 3.48. The molecule has 8 nitrogen and oxygen atoms in total. The molecule has 2 aromatic heterocycles. The van der Waals surface area contributed by atoms with Crippen molar-refractivity contribution in [3.05, 3.63) is 70.2 Å². The van der Waals surface area contributed by atoms with E-state index in [0.717, 1.165) is 0 Å². The number of benzene rings is 1. The van der Waals surface area contributed by atoms with E-state index in [1.807, 2.05) is 12.1 Å². The van der Waals surface area contributed by atoms with Crippen LogP contribution in [0.3, 0.4) is 0 Å². The standard InChI is InChI=1S/C14H11N5O3/c20-14(10-5-1-2-6-11(10)19(21)22)15-9-13-17-16-12-7-3-4-8-18(12)13/h1-8H,9H2,(H,15,20). The molecule has 0 unspecified atom stereocenters.